The lowest BCUT2D eigenvalue weighted by atomic mass is 9.81. The summed E-state index contributed by atoms with van der Waals surface area (Å²) in [6.45, 7) is 0.300. The molecular formula is C13H18N4O. The fourth-order valence-electron chi connectivity index (χ4n) is 2.88. The molecule has 1 aliphatic carbocycles. The molecule has 96 valence electrons. The van der Waals surface area contributed by atoms with Gasteiger partial charge in [-0.1, -0.05) is 24.4 Å². The van der Waals surface area contributed by atoms with Crippen LogP contribution < -0.4 is 5.73 Å². The summed E-state index contributed by atoms with van der Waals surface area (Å²) in [5, 5.41) is 4.15. The van der Waals surface area contributed by atoms with Gasteiger partial charge in [0.2, 0.25) is 5.89 Å². The van der Waals surface area contributed by atoms with E-state index in [2.05, 4.69) is 27.1 Å². The highest BCUT2D eigenvalue weighted by molar-refractivity contribution is 5.12. The Hall–Kier alpha value is -1.62. The molecule has 1 saturated carbocycles. The van der Waals surface area contributed by atoms with E-state index >= 15 is 0 Å². The third-order valence-corrected chi connectivity index (χ3v) is 3.84. The molecule has 3 rings (SSSR count). The first kappa shape index (κ1) is 11.5. The van der Waals surface area contributed by atoms with Crippen molar-refractivity contribution in [1.29, 1.82) is 0 Å². The third kappa shape index (κ3) is 1.75. The topological polar surface area (TPSA) is 69.9 Å². The van der Waals surface area contributed by atoms with Crippen molar-refractivity contribution >= 4 is 0 Å². The Bertz CT molecular complexity index is 497. The minimum absolute atomic E-state index is 0.140. The predicted molar refractivity (Wildman–Crippen MR) is 66.8 cm³/mol. The van der Waals surface area contributed by atoms with Crippen molar-refractivity contribution in [3.8, 4) is 0 Å². The average Bonchev–Trinajstić information content (AvgIpc) is 3.11. The summed E-state index contributed by atoms with van der Waals surface area (Å²) in [5.74, 6) is 1.29. The van der Waals surface area contributed by atoms with E-state index in [4.69, 9.17) is 10.3 Å². The molecule has 2 aromatic heterocycles. The van der Waals surface area contributed by atoms with Crippen LogP contribution in [0.3, 0.4) is 0 Å². The minimum atomic E-state index is -0.140. The van der Waals surface area contributed by atoms with Gasteiger partial charge in [-0.25, -0.2) is 0 Å². The maximum absolute atomic E-state index is 5.55. The van der Waals surface area contributed by atoms with E-state index in [1.54, 1.807) is 0 Å². The summed E-state index contributed by atoms with van der Waals surface area (Å²) in [7, 11) is 0. The second-order valence-electron chi connectivity index (χ2n) is 4.90. The summed E-state index contributed by atoms with van der Waals surface area (Å²) < 4.78 is 7.41. The fourth-order valence-corrected chi connectivity index (χ4v) is 2.88. The number of hydrogen-bond acceptors (Lipinski definition) is 4. The number of nitrogens with two attached hydrogens (primary N) is 1. The molecule has 0 unspecified atom stereocenters. The SMILES string of the molecule is NCc1nc(C2(n3cccc3)CCCCC2)no1. The first-order valence-corrected chi connectivity index (χ1v) is 6.52. The van der Waals surface area contributed by atoms with Gasteiger partial charge in [-0.3, -0.25) is 0 Å². The molecule has 5 heteroatoms. The van der Waals surface area contributed by atoms with Crippen LogP contribution in [0.25, 0.3) is 0 Å². The summed E-state index contributed by atoms with van der Waals surface area (Å²) in [6, 6.07) is 4.08. The van der Waals surface area contributed by atoms with Gasteiger partial charge in [-0.05, 0) is 25.0 Å². The molecule has 0 aliphatic heterocycles. The maximum atomic E-state index is 5.55. The highest BCUT2D eigenvalue weighted by Gasteiger charge is 2.39. The first-order chi connectivity index (χ1) is 8.85. The van der Waals surface area contributed by atoms with Gasteiger partial charge < -0.3 is 14.8 Å². The summed E-state index contributed by atoms with van der Waals surface area (Å²) in [6.07, 6.45) is 9.98. The molecule has 0 radical (unpaired) electrons. The van der Waals surface area contributed by atoms with Gasteiger partial charge in [-0.15, -0.1) is 0 Å². The van der Waals surface area contributed by atoms with Gasteiger partial charge in [0.15, 0.2) is 5.82 Å². The normalized spacial score (nSPS) is 18.9. The highest BCUT2D eigenvalue weighted by Crippen LogP contribution is 2.39. The van der Waals surface area contributed by atoms with Crippen LogP contribution >= 0.6 is 0 Å². The van der Waals surface area contributed by atoms with Crippen LogP contribution in [-0.2, 0) is 12.1 Å². The van der Waals surface area contributed by atoms with Crippen LogP contribution in [0.15, 0.2) is 29.0 Å². The Morgan fingerprint density at radius 3 is 2.56 bits per heavy atom. The van der Waals surface area contributed by atoms with Crippen molar-refractivity contribution in [2.45, 2.75) is 44.2 Å². The van der Waals surface area contributed by atoms with Crippen LogP contribution in [0, 0.1) is 0 Å². The molecule has 0 amide bonds. The van der Waals surface area contributed by atoms with Crippen LogP contribution in [0.5, 0.6) is 0 Å². The smallest absolute Gasteiger partial charge is 0.240 e. The molecule has 1 aliphatic rings. The molecule has 5 nitrogen and oxygen atoms in total. The lowest BCUT2D eigenvalue weighted by Crippen LogP contribution is -2.37. The zero-order valence-corrected chi connectivity index (χ0v) is 10.4. The molecule has 2 N–H and O–H groups in total. The standard InChI is InChI=1S/C13H18N4O/c14-10-11-15-12(16-18-11)13(6-2-1-3-7-13)17-8-4-5-9-17/h4-5,8-9H,1-3,6-7,10,14H2. The molecular weight excluding hydrogens is 228 g/mol. The van der Waals surface area contributed by atoms with Gasteiger partial charge in [0.1, 0.15) is 5.54 Å². The number of nitrogens with zero attached hydrogens (tertiary/aromatic N) is 3. The summed E-state index contributed by atoms with van der Waals surface area (Å²) >= 11 is 0. The lowest BCUT2D eigenvalue weighted by molar-refractivity contribution is 0.224. The van der Waals surface area contributed by atoms with Gasteiger partial charge >= 0.3 is 0 Å². The van der Waals surface area contributed by atoms with Crippen molar-refractivity contribution in [2.24, 2.45) is 5.73 Å². The van der Waals surface area contributed by atoms with Crippen LogP contribution in [0.1, 0.15) is 43.8 Å². The number of aromatic nitrogens is 3. The maximum Gasteiger partial charge on any atom is 0.240 e. The molecule has 0 atom stereocenters. The molecule has 0 bridgehead atoms. The summed E-state index contributed by atoms with van der Waals surface area (Å²) in [4.78, 5) is 4.46. The van der Waals surface area contributed by atoms with Gasteiger partial charge in [-0.2, -0.15) is 4.98 Å². The molecule has 2 aromatic rings. The van der Waals surface area contributed by atoms with Crippen molar-refractivity contribution in [1.82, 2.24) is 14.7 Å². The Morgan fingerprint density at radius 2 is 1.94 bits per heavy atom. The van der Waals surface area contributed by atoms with E-state index in [0.717, 1.165) is 18.7 Å². The Balaban J connectivity index is 2.04. The van der Waals surface area contributed by atoms with E-state index < -0.39 is 0 Å². The van der Waals surface area contributed by atoms with E-state index in [1.165, 1.54) is 19.3 Å². The lowest BCUT2D eigenvalue weighted by Gasteiger charge is -2.36. The van der Waals surface area contributed by atoms with E-state index in [9.17, 15) is 0 Å². The molecule has 1 fully saturated rings. The van der Waals surface area contributed by atoms with Crippen LogP contribution in [0.4, 0.5) is 0 Å². The third-order valence-electron chi connectivity index (χ3n) is 3.84. The first-order valence-electron chi connectivity index (χ1n) is 6.52. The number of rotatable bonds is 3. The highest BCUT2D eigenvalue weighted by atomic mass is 16.5. The molecule has 0 spiro atoms. The zero-order valence-electron chi connectivity index (χ0n) is 10.4. The Kier molecular flexibility index (Phi) is 2.91. The Labute approximate surface area is 106 Å². The molecule has 18 heavy (non-hydrogen) atoms. The minimum Gasteiger partial charge on any atom is -0.341 e. The van der Waals surface area contributed by atoms with E-state index in [1.807, 2.05) is 12.1 Å². The van der Waals surface area contributed by atoms with Gasteiger partial charge in [0, 0.05) is 12.4 Å². The largest absolute Gasteiger partial charge is 0.341 e. The van der Waals surface area contributed by atoms with Crippen molar-refractivity contribution in [3.05, 3.63) is 36.2 Å². The van der Waals surface area contributed by atoms with Crippen LogP contribution in [-0.4, -0.2) is 14.7 Å². The van der Waals surface area contributed by atoms with Crippen LogP contribution in [0.2, 0.25) is 0 Å². The molecule has 2 heterocycles. The van der Waals surface area contributed by atoms with Crippen molar-refractivity contribution in [2.75, 3.05) is 0 Å². The summed E-state index contributed by atoms with van der Waals surface area (Å²) in [5.41, 5.74) is 5.41. The van der Waals surface area contributed by atoms with E-state index in [-0.39, 0.29) is 5.54 Å². The Morgan fingerprint density at radius 1 is 1.22 bits per heavy atom. The quantitative estimate of drug-likeness (QED) is 0.899. The van der Waals surface area contributed by atoms with Gasteiger partial charge in [0.25, 0.3) is 0 Å². The monoisotopic (exact) mass is 246 g/mol. The van der Waals surface area contributed by atoms with Crippen molar-refractivity contribution in [3.63, 3.8) is 0 Å². The zero-order chi connectivity index (χ0) is 12.4. The van der Waals surface area contributed by atoms with Gasteiger partial charge in [0.05, 0.1) is 6.54 Å². The average molecular weight is 246 g/mol. The molecule has 0 saturated heterocycles. The molecule has 0 aromatic carbocycles. The van der Waals surface area contributed by atoms with Crippen molar-refractivity contribution < 1.29 is 4.52 Å². The second kappa shape index (κ2) is 4.57. The van der Waals surface area contributed by atoms with E-state index in [0.29, 0.717) is 12.4 Å². The second-order valence-corrected chi connectivity index (χ2v) is 4.90. The predicted octanol–water partition coefficient (Wildman–Crippen LogP) is 2.04. The fraction of sp³-hybridized carbons (Fsp3) is 0.538. The number of hydrogen-bond donors (Lipinski definition) is 1.